The molecule has 88 valence electrons. The van der Waals surface area contributed by atoms with Crippen molar-refractivity contribution in [2.75, 3.05) is 38.6 Å². The Hall–Kier alpha value is -1.55. The van der Waals surface area contributed by atoms with E-state index in [-0.39, 0.29) is 6.54 Å². The minimum atomic E-state index is -0.803. The molecular formula is C12H18N2O2. The Bertz CT molecular complexity index is 325. The highest BCUT2D eigenvalue weighted by molar-refractivity contribution is 5.73. The molecule has 0 aliphatic heterocycles. The average molecular weight is 222 g/mol. The van der Waals surface area contributed by atoms with E-state index in [4.69, 9.17) is 5.11 Å². The summed E-state index contributed by atoms with van der Waals surface area (Å²) in [5.74, 6) is -0.803. The van der Waals surface area contributed by atoms with Crippen molar-refractivity contribution in [2.45, 2.75) is 0 Å². The van der Waals surface area contributed by atoms with Gasteiger partial charge in [-0.1, -0.05) is 18.2 Å². The Labute approximate surface area is 96.1 Å². The molecule has 1 N–H and O–H groups in total. The van der Waals surface area contributed by atoms with E-state index in [1.807, 2.05) is 54.2 Å². The number of aliphatic carboxylic acids is 1. The maximum absolute atomic E-state index is 10.8. The molecule has 0 atom stereocenters. The molecule has 4 nitrogen and oxygen atoms in total. The van der Waals surface area contributed by atoms with E-state index >= 15 is 0 Å². The van der Waals surface area contributed by atoms with Crippen LogP contribution in [0.3, 0.4) is 0 Å². The summed E-state index contributed by atoms with van der Waals surface area (Å²) < 4.78 is 0. The molecule has 1 rings (SSSR count). The van der Waals surface area contributed by atoms with E-state index in [1.165, 1.54) is 0 Å². The second-order valence-electron chi connectivity index (χ2n) is 3.95. The third-order valence-electron chi connectivity index (χ3n) is 2.26. The van der Waals surface area contributed by atoms with Crippen LogP contribution < -0.4 is 4.90 Å². The molecule has 0 heterocycles. The number of carboxylic acid groups (broad SMARTS) is 1. The predicted octanol–water partition coefficient (Wildman–Crippen LogP) is 1.14. The summed E-state index contributed by atoms with van der Waals surface area (Å²) in [5.41, 5.74) is 0.951. The van der Waals surface area contributed by atoms with Gasteiger partial charge in [-0.15, -0.1) is 0 Å². The summed E-state index contributed by atoms with van der Waals surface area (Å²) in [6.45, 7) is 1.59. The van der Waals surface area contributed by atoms with E-state index in [9.17, 15) is 4.79 Å². The number of carbonyl (C=O) groups is 1. The first kappa shape index (κ1) is 12.5. The minimum Gasteiger partial charge on any atom is -0.480 e. The van der Waals surface area contributed by atoms with Crippen LogP contribution >= 0.6 is 0 Å². The summed E-state index contributed by atoms with van der Waals surface area (Å²) in [5, 5.41) is 8.86. The molecule has 0 unspecified atom stereocenters. The van der Waals surface area contributed by atoms with Crippen LogP contribution in [0.2, 0.25) is 0 Å². The van der Waals surface area contributed by atoms with Crippen molar-refractivity contribution < 1.29 is 9.90 Å². The van der Waals surface area contributed by atoms with Gasteiger partial charge in [0.1, 0.15) is 6.54 Å². The summed E-state index contributed by atoms with van der Waals surface area (Å²) in [4.78, 5) is 14.7. The van der Waals surface area contributed by atoms with Crippen molar-refractivity contribution in [1.29, 1.82) is 0 Å². The van der Waals surface area contributed by atoms with Crippen LogP contribution in [0.1, 0.15) is 0 Å². The number of anilines is 1. The molecule has 1 aromatic rings. The molecule has 1 aromatic carbocycles. The normalized spacial score (nSPS) is 10.4. The van der Waals surface area contributed by atoms with Crippen LogP contribution in [0.5, 0.6) is 0 Å². The van der Waals surface area contributed by atoms with Crippen LogP contribution in [0.4, 0.5) is 5.69 Å². The van der Waals surface area contributed by atoms with E-state index in [0.29, 0.717) is 6.54 Å². The molecule has 0 fully saturated rings. The first-order chi connectivity index (χ1) is 7.59. The quantitative estimate of drug-likeness (QED) is 0.784. The zero-order valence-corrected chi connectivity index (χ0v) is 9.76. The van der Waals surface area contributed by atoms with Crippen molar-refractivity contribution in [1.82, 2.24) is 4.90 Å². The van der Waals surface area contributed by atoms with Gasteiger partial charge in [0.2, 0.25) is 0 Å². The molecule has 0 spiro atoms. The topological polar surface area (TPSA) is 43.8 Å². The van der Waals surface area contributed by atoms with Crippen molar-refractivity contribution >= 4 is 11.7 Å². The Balaban J connectivity index is 2.67. The number of hydrogen-bond acceptors (Lipinski definition) is 3. The van der Waals surface area contributed by atoms with Crippen molar-refractivity contribution in [3.05, 3.63) is 30.3 Å². The molecular weight excluding hydrogens is 204 g/mol. The number of nitrogens with zero attached hydrogens (tertiary/aromatic N) is 2. The number of hydrogen-bond donors (Lipinski definition) is 1. The molecule has 0 aliphatic carbocycles. The second kappa shape index (κ2) is 6.12. The lowest BCUT2D eigenvalue weighted by Crippen LogP contribution is -2.35. The molecule has 0 radical (unpaired) electrons. The fraction of sp³-hybridized carbons (Fsp3) is 0.417. The fourth-order valence-electron chi connectivity index (χ4n) is 1.42. The number of carboxylic acids is 1. The van der Waals surface area contributed by atoms with Gasteiger partial charge in [0, 0.05) is 18.8 Å². The Morgan fingerprint density at radius 2 is 1.81 bits per heavy atom. The monoisotopic (exact) mass is 222 g/mol. The van der Waals surface area contributed by atoms with E-state index in [0.717, 1.165) is 12.2 Å². The van der Waals surface area contributed by atoms with E-state index < -0.39 is 5.97 Å². The van der Waals surface area contributed by atoms with Gasteiger partial charge in [0.25, 0.3) is 0 Å². The van der Waals surface area contributed by atoms with E-state index in [1.54, 1.807) is 0 Å². The van der Waals surface area contributed by atoms with E-state index in [2.05, 4.69) is 0 Å². The molecule has 0 amide bonds. The fourth-order valence-corrected chi connectivity index (χ4v) is 1.42. The van der Waals surface area contributed by atoms with Crippen LogP contribution in [-0.2, 0) is 4.79 Å². The largest absolute Gasteiger partial charge is 0.480 e. The second-order valence-corrected chi connectivity index (χ2v) is 3.95. The third-order valence-corrected chi connectivity index (χ3v) is 2.26. The molecule has 4 heteroatoms. The lowest BCUT2D eigenvalue weighted by atomic mass is 10.3. The van der Waals surface area contributed by atoms with Crippen molar-refractivity contribution in [3.63, 3.8) is 0 Å². The van der Waals surface area contributed by atoms with Crippen LogP contribution in [0.25, 0.3) is 0 Å². The van der Waals surface area contributed by atoms with Crippen LogP contribution in [-0.4, -0.2) is 49.7 Å². The lowest BCUT2D eigenvalue weighted by Gasteiger charge is -2.24. The number of para-hydroxylation sites is 1. The summed E-state index contributed by atoms with van der Waals surface area (Å²) >= 11 is 0. The number of rotatable bonds is 6. The first-order valence-corrected chi connectivity index (χ1v) is 5.26. The summed E-state index contributed by atoms with van der Waals surface area (Å²) in [6.07, 6.45) is 0. The van der Waals surface area contributed by atoms with Gasteiger partial charge in [-0.2, -0.15) is 0 Å². The Morgan fingerprint density at radius 3 is 2.31 bits per heavy atom. The highest BCUT2D eigenvalue weighted by Crippen LogP contribution is 2.12. The molecule has 0 saturated heterocycles. The molecule has 16 heavy (non-hydrogen) atoms. The number of likely N-dealkylation sites (N-methyl/N-ethyl adjacent to an activating group) is 1. The van der Waals surface area contributed by atoms with Gasteiger partial charge >= 0.3 is 5.97 Å². The maximum Gasteiger partial charge on any atom is 0.323 e. The third kappa shape index (κ3) is 4.31. The molecule has 0 aromatic heterocycles. The lowest BCUT2D eigenvalue weighted by molar-refractivity contribution is -0.135. The zero-order valence-electron chi connectivity index (χ0n) is 9.76. The number of benzene rings is 1. The first-order valence-electron chi connectivity index (χ1n) is 5.26. The zero-order chi connectivity index (χ0) is 12.0. The Morgan fingerprint density at radius 1 is 1.19 bits per heavy atom. The van der Waals surface area contributed by atoms with Gasteiger partial charge < -0.3 is 14.9 Å². The highest BCUT2D eigenvalue weighted by Gasteiger charge is 2.10. The average Bonchev–Trinajstić information content (AvgIpc) is 2.25. The van der Waals surface area contributed by atoms with Gasteiger partial charge in [0.15, 0.2) is 0 Å². The smallest absolute Gasteiger partial charge is 0.323 e. The van der Waals surface area contributed by atoms with Crippen LogP contribution in [0.15, 0.2) is 30.3 Å². The van der Waals surface area contributed by atoms with Crippen molar-refractivity contribution in [2.24, 2.45) is 0 Å². The van der Waals surface area contributed by atoms with Gasteiger partial charge in [0.05, 0.1) is 0 Å². The Kier molecular flexibility index (Phi) is 4.79. The predicted molar refractivity (Wildman–Crippen MR) is 64.8 cm³/mol. The SMILES string of the molecule is CN(C)CCN(CC(=O)O)c1ccccc1. The van der Waals surface area contributed by atoms with Gasteiger partial charge in [-0.05, 0) is 26.2 Å². The van der Waals surface area contributed by atoms with Gasteiger partial charge in [-0.25, -0.2) is 0 Å². The molecule has 0 saturated carbocycles. The highest BCUT2D eigenvalue weighted by atomic mass is 16.4. The summed E-state index contributed by atoms with van der Waals surface area (Å²) in [6, 6.07) is 9.62. The minimum absolute atomic E-state index is 0.0395. The van der Waals surface area contributed by atoms with Crippen molar-refractivity contribution in [3.8, 4) is 0 Å². The molecule has 0 bridgehead atoms. The standard InChI is InChI=1S/C12H18N2O2/c1-13(2)8-9-14(10-12(15)16)11-6-4-3-5-7-11/h3-7H,8-10H2,1-2H3,(H,15,16). The van der Waals surface area contributed by atoms with Gasteiger partial charge in [-0.3, -0.25) is 4.79 Å². The summed E-state index contributed by atoms with van der Waals surface area (Å²) in [7, 11) is 3.95. The molecule has 0 aliphatic rings. The maximum atomic E-state index is 10.8. The van der Waals surface area contributed by atoms with Crippen LogP contribution in [0, 0.1) is 0 Å².